The van der Waals surface area contributed by atoms with Gasteiger partial charge < -0.3 is 16.0 Å². The Kier molecular flexibility index (Phi) is 4.73. The molecule has 1 fully saturated rings. The van der Waals surface area contributed by atoms with E-state index in [1.54, 1.807) is 0 Å². The molecular formula is C11H21N3O2. The molecule has 16 heavy (non-hydrogen) atoms. The number of nitrogens with one attached hydrogen (secondary N) is 1. The van der Waals surface area contributed by atoms with Crippen LogP contribution in [-0.4, -0.2) is 42.4 Å². The average molecular weight is 227 g/mol. The molecule has 1 aliphatic heterocycles. The molecule has 92 valence electrons. The van der Waals surface area contributed by atoms with Gasteiger partial charge in [0, 0.05) is 12.6 Å². The standard InChI is InChI=1S/C11H21N3O2/c1-8(2)14-5-3-9(4-6-14)7-13-11(16)10(12)15/h8-9H,3-7H2,1-2H3,(H2,12,15)(H,13,16). The van der Waals surface area contributed by atoms with Gasteiger partial charge in [-0.05, 0) is 45.7 Å². The Morgan fingerprint density at radius 2 is 1.94 bits per heavy atom. The highest BCUT2D eigenvalue weighted by Crippen LogP contribution is 2.17. The Morgan fingerprint density at radius 3 is 2.38 bits per heavy atom. The summed E-state index contributed by atoms with van der Waals surface area (Å²) in [6, 6.07) is 0.584. The second kappa shape index (κ2) is 5.84. The summed E-state index contributed by atoms with van der Waals surface area (Å²) in [5, 5.41) is 2.56. The van der Waals surface area contributed by atoms with E-state index in [9.17, 15) is 9.59 Å². The minimum Gasteiger partial charge on any atom is -0.361 e. The summed E-state index contributed by atoms with van der Waals surface area (Å²) in [4.78, 5) is 23.9. The topological polar surface area (TPSA) is 75.4 Å². The van der Waals surface area contributed by atoms with E-state index in [1.807, 2.05) is 0 Å². The molecule has 5 heteroatoms. The van der Waals surface area contributed by atoms with Crippen molar-refractivity contribution < 1.29 is 9.59 Å². The molecule has 0 aromatic carbocycles. The van der Waals surface area contributed by atoms with E-state index in [-0.39, 0.29) is 0 Å². The minimum atomic E-state index is -0.903. The number of piperidine rings is 1. The van der Waals surface area contributed by atoms with Crippen LogP contribution >= 0.6 is 0 Å². The molecule has 0 saturated carbocycles. The molecule has 1 aliphatic rings. The summed E-state index contributed by atoms with van der Waals surface area (Å²) in [6.07, 6.45) is 2.13. The normalized spacial score (nSPS) is 18.7. The minimum absolute atomic E-state index is 0.471. The monoisotopic (exact) mass is 227 g/mol. The molecule has 1 rings (SSSR count). The van der Waals surface area contributed by atoms with Crippen LogP contribution in [0.15, 0.2) is 0 Å². The van der Waals surface area contributed by atoms with Gasteiger partial charge in [-0.3, -0.25) is 9.59 Å². The lowest BCUT2D eigenvalue weighted by atomic mass is 9.96. The molecule has 0 aromatic heterocycles. The van der Waals surface area contributed by atoms with E-state index in [0.717, 1.165) is 25.9 Å². The van der Waals surface area contributed by atoms with Gasteiger partial charge >= 0.3 is 11.8 Å². The number of rotatable bonds is 3. The molecule has 1 saturated heterocycles. The predicted molar refractivity (Wildman–Crippen MR) is 61.6 cm³/mol. The SMILES string of the molecule is CC(C)N1CCC(CNC(=O)C(N)=O)CC1. The molecule has 0 atom stereocenters. The Balaban J connectivity index is 2.22. The van der Waals surface area contributed by atoms with Gasteiger partial charge in [-0.1, -0.05) is 0 Å². The number of carbonyl (C=O) groups is 2. The van der Waals surface area contributed by atoms with Gasteiger partial charge in [-0.25, -0.2) is 0 Å². The van der Waals surface area contributed by atoms with Gasteiger partial charge in [0.05, 0.1) is 0 Å². The largest absolute Gasteiger partial charge is 0.361 e. The zero-order chi connectivity index (χ0) is 12.1. The summed E-state index contributed by atoms with van der Waals surface area (Å²) in [7, 11) is 0. The second-order valence-electron chi connectivity index (χ2n) is 4.65. The van der Waals surface area contributed by atoms with Gasteiger partial charge in [0.25, 0.3) is 0 Å². The van der Waals surface area contributed by atoms with Crippen molar-refractivity contribution in [2.24, 2.45) is 11.7 Å². The average Bonchev–Trinajstić information content (AvgIpc) is 2.26. The highest BCUT2D eigenvalue weighted by Gasteiger charge is 2.21. The summed E-state index contributed by atoms with van der Waals surface area (Å²) >= 11 is 0. The molecule has 1 heterocycles. The number of amides is 2. The van der Waals surface area contributed by atoms with Crippen LogP contribution in [0.3, 0.4) is 0 Å². The summed E-state index contributed by atoms with van der Waals surface area (Å²) in [5.74, 6) is -1.11. The summed E-state index contributed by atoms with van der Waals surface area (Å²) in [5.41, 5.74) is 4.85. The molecule has 0 unspecified atom stereocenters. The van der Waals surface area contributed by atoms with Crippen molar-refractivity contribution >= 4 is 11.8 Å². The first-order valence-electron chi connectivity index (χ1n) is 5.82. The predicted octanol–water partition coefficient (Wildman–Crippen LogP) is -0.292. The zero-order valence-corrected chi connectivity index (χ0v) is 10.0. The number of primary amides is 1. The molecule has 0 bridgehead atoms. The quantitative estimate of drug-likeness (QED) is 0.650. The van der Waals surface area contributed by atoms with Crippen molar-refractivity contribution in [3.63, 3.8) is 0 Å². The van der Waals surface area contributed by atoms with Crippen molar-refractivity contribution in [3.8, 4) is 0 Å². The Morgan fingerprint density at radius 1 is 1.38 bits per heavy atom. The first-order chi connectivity index (χ1) is 7.50. The molecule has 3 N–H and O–H groups in total. The molecule has 0 radical (unpaired) electrons. The van der Waals surface area contributed by atoms with Crippen LogP contribution in [0.4, 0.5) is 0 Å². The maximum atomic E-state index is 11.0. The van der Waals surface area contributed by atoms with Crippen LogP contribution in [-0.2, 0) is 9.59 Å². The van der Waals surface area contributed by atoms with Crippen LogP contribution in [0.2, 0.25) is 0 Å². The number of carbonyl (C=O) groups excluding carboxylic acids is 2. The van der Waals surface area contributed by atoms with Gasteiger partial charge in [0.2, 0.25) is 0 Å². The highest BCUT2D eigenvalue weighted by molar-refractivity contribution is 6.34. The third kappa shape index (κ3) is 3.81. The molecule has 0 spiro atoms. The third-order valence-corrected chi connectivity index (χ3v) is 3.15. The van der Waals surface area contributed by atoms with Gasteiger partial charge in [0.1, 0.15) is 0 Å². The van der Waals surface area contributed by atoms with Gasteiger partial charge in [0.15, 0.2) is 0 Å². The van der Waals surface area contributed by atoms with E-state index in [0.29, 0.717) is 18.5 Å². The van der Waals surface area contributed by atoms with Crippen LogP contribution in [0.5, 0.6) is 0 Å². The lowest BCUT2D eigenvalue weighted by molar-refractivity contribution is -0.137. The fraction of sp³-hybridized carbons (Fsp3) is 0.818. The molecular weight excluding hydrogens is 206 g/mol. The van der Waals surface area contributed by atoms with E-state index in [4.69, 9.17) is 5.73 Å². The van der Waals surface area contributed by atoms with Crippen molar-refractivity contribution in [1.82, 2.24) is 10.2 Å². The fourth-order valence-electron chi connectivity index (χ4n) is 2.00. The molecule has 2 amide bonds. The summed E-state index contributed by atoms with van der Waals surface area (Å²) < 4.78 is 0. The molecule has 5 nitrogen and oxygen atoms in total. The third-order valence-electron chi connectivity index (χ3n) is 3.15. The maximum Gasteiger partial charge on any atom is 0.309 e. The van der Waals surface area contributed by atoms with E-state index < -0.39 is 11.8 Å². The van der Waals surface area contributed by atoms with Crippen LogP contribution < -0.4 is 11.1 Å². The van der Waals surface area contributed by atoms with E-state index >= 15 is 0 Å². The van der Waals surface area contributed by atoms with E-state index in [2.05, 4.69) is 24.1 Å². The summed E-state index contributed by atoms with van der Waals surface area (Å²) in [6.45, 7) is 7.07. The van der Waals surface area contributed by atoms with Gasteiger partial charge in [-0.2, -0.15) is 0 Å². The Hall–Kier alpha value is -1.10. The number of nitrogens with two attached hydrogens (primary N) is 1. The van der Waals surface area contributed by atoms with Crippen molar-refractivity contribution in [1.29, 1.82) is 0 Å². The lowest BCUT2D eigenvalue weighted by Crippen LogP contribution is -2.43. The number of nitrogens with zero attached hydrogens (tertiary/aromatic N) is 1. The Bertz CT molecular complexity index is 258. The fourth-order valence-corrected chi connectivity index (χ4v) is 2.00. The van der Waals surface area contributed by atoms with Crippen LogP contribution in [0.1, 0.15) is 26.7 Å². The van der Waals surface area contributed by atoms with Crippen molar-refractivity contribution in [3.05, 3.63) is 0 Å². The molecule has 0 aliphatic carbocycles. The number of likely N-dealkylation sites (tertiary alicyclic amines) is 1. The zero-order valence-electron chi connectivity index (χ0n) is 10.0. The van der Waals surface area contributed by atoms with Crippen LogP contribution in [0.25, 0.3) is 0 Å². The Labute approximate surface area is 96.4 Å². The smallest absolute Gasteiger partial charge is 0.309 e. The van der Waals surface area contributed by atoms with E-state index in [1.165, 1.54) is 0 Å². The maximum absolute atomic E-state index is 11.0. The van der Waals surface area contributed by atoms with Gasteiger partial charge in [-0.15, -0.1) is 0 Å². The van der Waals surface area contributed by atoms with Crippen molar-refractivity contribution in [2.45, 2.75) is 32.7 Å². The highest BCUT2D eigenvalue weighted by atomic mass is 16.2. The number of hydrogen-bond acceptors (Lipinski definition) is 3. The first-order valence-corrected chi connectivity index (χ1v) is 5.82. The lowest BCUT2D eigenvalue weighted by Gasteiger charge is -2.34. The van der Waals surface area contributed by atoms with Crippen LogP contribution in [0, 0.1) is 5.92 Å². The first kappa shape index (κ1) is 13.0. The van der Waals surface area contributed by atoms with Crippen molar-refractivity contribution in [2.75, 3.05) is 19.6 Å². The second-order valence-corrected chi connectivity index (χ2v) is 4.65. The number of hydrogen-bond donors (Lipinski definition) is 2. The molecule has 0 aromatic rings.